The van der Waals surface area contributed by atoms with Crippen molar-refractivity contribution >= 4 is 40.8 Å². The molecule has 0 aliphatic heterocycles. The van der Waals surface area contributed by atoms with Gasteiger partial charge in [-0.05, 0) is 56.8 Å². The molecule has 0 fully saturated rings. The van der Waals surface area contributed by atoms with Gasteiger partial charge in [-0.3, -0.25) is 10.1 Å². The van der Waals surface area contributed by atoms with Gasteiger partial charge in [0.15, 0.2) is 5.11 Å². The standard InChI is InChI=1S/C15H15ClN4OS/c1-8-4-5-11(12(16)6-8)13(21)19-15(22)20-14-17-9(2)7-10(3)18-14/h4-7H,1-3H3,(H2,17,18,19,20,21,22). The maximum absolute atomic E-state index is 12.1. The van der Waals surface area contributed by atoms with Crippen LogP contribution in [0.4, 0.5) is 5.95 Å². The van der Waals surface area contributed by atoms with Crippen molar-refractivity contribution in [1.29, 1.82) is 0 Å². The summed E-state index contributed by atoms with van der Waals surface area (Å²) in [5.74, 6) is -0.0373. The zero-order valence-electron chi connectivity index (χ0n) is 12.4. The summed E-state index contributed by atoms with van der Waals surface area (Å²) in [6.45, 7) is 5.61. The first-order valence-electron chi connectivity index (χ1n) is 6.56. The van der Waals surface area contributed by atoms with Crippen LogP contribution in [-0.4, -0.2) is 21.0 Å². The summed E-state index contributed by atoms with van der Waals surface area (Å²) in [5, 5.41) is 5.85. The molecule has 0 spiro atoms. The highest BCUT2D eigenvalue weighted by Gasteiger charge is 2.12. The number of aryl methyl sites for hydroxylation is 3. The molecule has 2 N–H and O–H groups in total. The molecule has 2 rings (SSSR count). The first kappa shape index (κ1) is 16.3. The zero-order valence-corrected chi connectivity index (χ0v) is 14.0. The van der Waals surface area contributed by atoms with Crippen molar-refractivity contribution in [2.24, 2.45) is 0 Å². The number of carbonyl (C=O) groups excluding carboxylic acids is 1. The highest BCUT2D eigenvalue weighted by Crippen LogP contribution is 2.17. The fraction of sp³-hybridized carbons (Fsp3) is 0.200. The fourth-order valence-electron chi connectivity index (χ4n) is 1.89. The van der Waals surface area contributed by atoms with Gasteiger partial charge in [0, 0.05) is 11.4 Å². The van der Waals surface area contributed by atoms with Crippen LogP contribution in [0, 0.1) is 20.8 Å². The molecule has 0 unspecified atom stereocenters. The third kappa shape index (κ3) is 4.22. The number of benzene rings is 1. The number of nitrogens with one attached hydrogen (secondary N) is 2. The van der Waals surface area contributed by atoms with Crippen LogP contribution in [0.25, 0.3) is 0 Å². The van der Waals surface area contributed by atoms with Gasteiger partial charge in [-0.15, -0.1) is 0 Å². The van der Waals surface area contributed by atoms with Crippen molar-refractivity contribution in [3.8, 4) is 0 Å². The molecule has 0 aliphatic carbocycles. The van der Waals surface area contributed by atoms with E-state index in [4.69, 9.17) is 23.8 Å². The molecule has 1 aromatic carbocycles. The lowest BCUT2D eigenvalue weighted by Crippen LogP contribution is -2.34. The molecule has 0 saturated carbocycles. The normalized spacial score (nSPS) is 10.2. The van der Waals surface area contributed by atoms with Crippen LogP contribution >= 0.6 is 23.8 Å². The molecule has 0 radical (unpaired) electrons. The molecule has 5 nitrogen and oxygen atoms in total. The van der Waals surface area contributed by atoms with E-state index in [2.05, 4.69) is 20.6 Å². The second-order valence-electron chi connectivity index (χ2n) is 4.87. The van der Waals surface area contributed by atoms with Gasteiger partial charge < -0.3 is 5.32 Å². The second kappa shape index (κ2) is 6.81. The van der Waals surface area contributed by atoms with E-state index in [-0.39, 0.29) is 11.0 Å². The number of halogens is 1. The summed E-state index contributed by atoms with van der Waals surface area (Å²) in [5.41, 5.74) is 2.96. The van der Waals surface area contributed by atoms with Crippen LogP contribution < -0.4 is 10.6 Å². The fourth-order valence-corrected chi connectivity index (χ4v) is 2.39. The Labute approximate surface area is 139 Å². The lowest BCUT2D eigenvalue weighted by atomic mass is 10.1. The van der Waals surface area contributed by atoms with E-state index in [0.29, 0.717) is 16.5 Å². The van der Waals surface area contributed by atoms with Gasteiger partial charge in [0.1, 0.15) is 0 Å². The van der Waals surface area contributed by atoms with Gasteiger partial charge in [-0.2, -0.15) is 0 Å². The number of aromatic nitrogens is 2. The van der Waals surface area contributed by atoms with Crippen LogP contribution in [-0.2, 0) is 0 Å². The lowest BCUT2D eigenvalue weighted by Gasteiger charge is -2.10. The van der Waals surface area contributed by atoms with E-state index in [1.165, 1.54) is 0 Å². The van der Waals surface area contributed by atoms with E-state index in [1.54, 1.807) is 12.1 Å². The minimum atomic E-state index is -0.383. The van der Waals surface area contributed by atoms with Crippen molar-refractivity contribution < 1.29 is 4.79 Å². The van der Waals surface area contributed by atoms with E-state index < -0.39 is 0 Å². The van der Waals surface area contributed by atoms with Crippen LogP contribution in [0.3, 0.4) is 0 Å². The SMILES string of the molecule is Cc1ccc(C(=O)NC(=S)Nc2nc(C)cc(C)n2)c(Cl)c1. The largest absolute Gasteiger partial charge is 0.301 e. The van der Waals surface area contributed by atoms with Crippen molar-refractivity contribution in [1.82, 2.24) is 15.3 Å². The Hall–Kier alpha value is -2.05. The van der Waals surface area contributed by atoms with Crippen molar-refractivity contribution in [3.63, 3.8) is 0 Å². The van der Waals surface area contributed by atoms with Gasteiger partial charge in [0.25, 0.3) is 5.91 Å². The Kier molecular flexibility index (Phi) is 5.05. The third-order valence-electron chi connectivity index (χ3n) is 2.80. The predicted molar refractivity (Wildman–Crippen MR) is 91.4 cm³/mol. The molecule has 0 saturated heterocycles. The average Bonchev–Trinajstić information content (AvgIpc) is 2.36. The lowest BCUT2D eigenvalue weighted by molar-refractivity contribution is 0.0978. The van der Waals surface area contributed by atoms with Crippen LogP contribution in [0.2, 0.25) is 5.02 Å². The number of carbonyl (C=O) groups is 1. The van der Waals surface area contributed by atoms with Crippen molar-refractivity contribution in [3.05, 3.63) is 51.8 Å². The highest BCUT2D eigenvalue weighted by atomic mass is 35.5. The van der Waals surface area contributed by atoms with Gasteiger partial charge in [0.2, 0.25) is 5.95 Å². The minimum Gasteiger partial charge on any atom is -0.301 e. The smallest absolute Gasteiger partial charge is 0.258 e. The second-order valence-corrected chi connectivity index (χ2v) is 5.68. The number of hydrogen-bond acceptors (Lipinski definition) is 4. The summed E-state index contributed by atoms with van der Waals surface area (Å²) in [6, 6.07) is 7.03. The molecular formula is C15H15ClN4OS. The molecule has 0 atom stereocenters. The molecule has 0 aliphatic rings. The number of anilines is 1. The quantitative estimate of drug-likeness (QED) is 0.826. The molecule has 7 heteroatoms. The minimum absolute atomic E-state index is 0.117. The molecule has 22 heavy (non-hydrogen) atoms. The van der Waals surface area contributed by atoms with Crippen molar-refractivity contribution in [2.45, 2.75) is 20.8 Å². The van der Waals surface area contributed by atoms with Crippen LogP contribution in [0.15, 0.2) is 24.3 Å². The maximum atomic E-state index is 12.1. The Morgan fingerprint density at radius 1 is 1.14 bits per heavy atom. The highest BCUT2D eigenvalue weighted by molar-refractivity contribution is 7.80. The predicted octanol–water partition coefficient (Wildman–Crippen LogP) is 3.18. The molecular weight excluding hydrogens is 320 g/mol. The average molecular weight is 335 g/mol. The molecule has 1 aromatic heterocycles. The maximum Gasteiger partial charge on any atom is 0.258 e. The first-order chi connectivity index (χ1) is 10.3. The summed E-state index contributed by atoms with van der Waals surface area (Å²) in [4.78, 5) is 20.5. The van der Waals surface area contributed by atoms with Gasteiger partial charge >= 0.3 is 0 Å². The van der Waals surface area contributed by atoms with Gasteiger partial charge in [-0.1, -0.05) is 17.7 Å². The Morgan fingerprint density at radius 3 is 2.36 bits per heavy atom. The summed E-state index contributed by atoms with van der Waals surface area (Å²) >= 11 is 11.2. The Balaban J connectivity index is 2.06. The van der Waals surface area contributed by atoms with Crippen LogP contribution in [0.5, 0.6) is 0 Å². The van der Waals surface area contributed by atoms with Gasteiger partial charge in [0.05, 0.1) is 10.6 Å². The zero-order chi connectivity index (χ0) is 16.3. The molecule has 1 heterocycles. The summed E-state index contributed by atoms with van der Waals surface area (Å²) in [6.07, 6.45) is 0. The summed E-state index contributed by atoms with van der Waals surface area (Å²) in [7, 11) is 0. The Bertz CT molecular complexity index is 728. The van der Waals surface area contributed by atoms with E-state index in [0.717, 1.165) is 17.0 Å². The number of rotatable bonds is 2. The third-order valence-corrected chi connectivity index (χ3v) is 3.32. The van der Waals surface area contributed by atoms with Crippen molar-refractivity contribution in [2.75, 3.05) is 5.32 Å². The monoisotopic (exact) mass is 334 g/mol. The number of amides is 1. The first-order valence-corrected chi connectivity index (χ1v) is 7.34. The summed E-state index contributed by atoms with van der Waals surface area (Å²) < 4.78 is 0. The number of hydrogen-bond donors (Lipinski definition) is 2. The molecule has 2 aromatic rings. The Morgan fingerprint density at radius 2 is 1.77 bits per heavy atom. The van der Waals surface area contributed by atoms with Crippen LogP contribution in [0.1, 0.15) is 27.3 Å². The number of nitrogens with zero attached hydrogens (tertiary/aromatic N) is 2. The van der Waals surface area contributed by atoms with E-state index in [9.17, 15) is 4.79 Å². The molecule has 1 amide bonds. The topological polar surface area (TPSA) is 66.9 Å². The number of thiocarbonyl (C=S) groups is 1. The van der Waals surface area contributed by atoms with E-state index in [1.807, 2.05) is 32.9 Å². The molecule has 0 bridgehead atoms. The molecule has 114 valence electrons. The van der Waals surface area contributed by atoms with E-state index >= 15 is 0 Å². The van der Waals surface area contributed by atoms with Gasteiger partial charge in [-0.25, -0.2) is 9.97 Å².